The second-order valence-corrected chi connectivity index (χ2v) is 3.96. The highest BCUT2D eigenvalue weighted by Crippen LogP contribution is 2.19. The van der Waals surface area contributed by atoms with Gasteiger partial charge in [0.15, 0.2) is 5.82 Å². The number of carbonyl (C=O) groups is 1. The molecule has 0 bridgehead atoms. The highest BCUT2D eigenvalue weighted by molar-refractivity contribution is 5.85. The van der Waals surface area contributed by atoms with Crippen molar-refractivity contribution in [2.45, 2.75) is 13.5 Å². The topological polar surface area (TPSA) is 85.2 Å². The molecule has 0 aliphatic carbocycles. The second-order valence-electron chi connectivity index (χ2n) is 3.96. The Balaban J connectivity index is 2.16. The zero-order valence-electron chi connectivity index (χ0n) is 10.9. The van der Waals surface area contributed by atoms with Crippen LogP contribution in [0.25, 0.3) is 6.08 Å². The maximum Gasteiger partial charge on any atom is 0.328 e. The van der Waals surface area contributed by atoms with E-state index in [0.29, 0.717) is 17.3 Å². The van der Waals surface area contributed by atoms with Crippen molar-refractivity contribution < 1.29 is 14.6 Å². The van der Waals surface area contributed by atoms with E-state index in [2.05, 4.69) is 15.0 Å². The summed E-state index contributed by atoms with van der Waals surface area (Å²) in [5.41, 5.74) is 1.24. The molecule has 1 N–H and O–H groups in total. The van der Waals surface area contributed by atoms with Crippen LogP contribution in [0.1, 0.15) is 17.2 Å². The summed E-state index contributed by atoms with van der Waals surface area (Å²) in [6.45, 7) is 2.02. The minimum absolute atomic E-state index is 0.194. The van der Waals surface area contributed by atoms with Gasteiger partial charge < -0.3 is 9.84 Å². The average Bonchev–Trinajstić information content (AvgIpc) is 2.45. The molecule has 102 valence electrons. The van der Waals surface area contributed by atoms with Crippen LogP contribution in [-0.4, -0.2) is 26.0 Å². The van der Waals surface area contributed by atoms with Gasteiger partial charge in [-0.05, 0) is 31.2 Å². The molecule has 0 saturated carbocycles. The van der Waals surface area contributed by atoms with E-state index in [4.69, 9.17) is 9.84 Å². The average molecular weight is 271 g/mol. The van der Waals surface area contributed by atoms with Crippen molar-refractivity contribution in [1.29, 1.82) is 0 Å². The fourth-order valence-corrected chi connectivity index (χ4v) is 1.50. The van der Waals surface area contributed by atoms with E-state index in [1.807, 2.05) is 6.92 Å². The first-order valence-electron chi connectivity index (χ1n) is 5.92. The molecule has 0 amide bonds. The summed E-state index contributed by atoms with van der Waals surface area (Å²) in [6.07, 6.45) is 5.68. The Morgan fingerprint density at radius 2 is 2.10 bits per heavy atom. The smallest absolute Gasteiger partial charge is 0.328 e. The fourth-order valence-electron chi connectivity index (χ4n) is 1.50. The van der Waals surface area contributed by atoms with Crippen LogP contribution in [0.5, 0.6) is 5.75 Å². The lowest BCUT2D eigenvalue weighted by Crippen LogP contribution is -2.02. The molecule has 0 spiro atoms. The number of hydrogen-bond donors (Lipinski definition) is 1. The van der Waals surface area contributed by atoms with E-state index in [0.717, 1.165) is 11.8 Å². The SMILES string of the molecule is Cc1ccc(OCc2ncccn2)c(C=CC(=O)O)n1. The first kappa shape index (κ1) is 13.7. The molecule has 0 unspecified atom stereocenters. The minimum atomic E-state index is -1.04. The molecule has 0 aliphatic rings. The van der Waals surface area contributed by atoms with Crippen LogP contribution in [0.3, 0.4) is 0 Å². The predicted octanol–water partition coefficient (Wildman–Crippen LogP) is 1.86. The van der Waals surface area contributed by atoms with Crippen molar-refractivity contribution in [2.24, 2.45) is 0 Å². The van der Waals surface area contributed by atoms with Crippen molar-refractivity contribution in [3.63, 3.8) is 0 Å². The van der Waals surface area contributed by atoms with Crippen LogP contribution >= 0.6 is 0 Å². The van der Waals surface area contributed by atoms with Gasteiger partial charge in [-0.1, -0.05) is 0 Å². The number of aryl methyl sites for hydroxylation is 1. The summed E-state index contributed by atoms with van der Waals surface area (Å²) >= 11 is 0. The number of nitrogens with zero attached hydrogens (tertiary/aromatic N) is 3. The van der Waals surface area contributed by atoms with Crippen LogP contribution in [0.4, 0.5) is 0 Å². The Labute approximate surface area is 115 Å². The van der Waals surface area contributed by atoms with Gasteiger partial charge in [-0.2, -0.15) is 0 Å². The van der Waals surface area contributed by atoms with E-state index in [-0.39, 0.29) is 6.61 Å². The second kappa shape index (κ2) is 6.42. The Hall–Kier alpha value is -2.76. The predicted molar refractivity (Wildman–Crippen MR) is 72.0 cm³/mol. The number of pyridine rings is 1. The number of carboxylic acid groups (broad SMARTS) is 1. The number of aliphatic carboxylic acids is 1. The third kappa shape index (κ3) is 3.88. The molecule has 20 heavy (non-hydrogen) atoms. The molecule has 0 fully saturated rings. The van der Waals surface area contributed by atoms with Crippen LogP contribution in [0.2, 0.25) is 0 Å². The summed E-state index contributed by atoms with van der Waals surface area (Å²) < 4.78 is 5.58. The first-order chi connectivity index (χ1) is 9.65. The molecule has 2 aromatic rings. The van der Waals surface area contributed by atoms with Crippen LogP contribution in [0.15, 0.2) is 36.7 Å². The van der Waals surface area contributed by atoms with Crippen molar-refractivity contribution in [3.8, 4) is 5.75 Å². The van der Waals surface area contributed by atoms with Gasteiger partial charge in [0.1, 0.15) is 18.1 Å². The molecule has 2 heterocycles. The van der Waals surface area contributed by atoms with Gasteiger partial charge in [0.05, 0.1) is 0 Å². The maximum absolute atomic E-state index is 10.6. The zero-order chi connectivity index (χ0) is 14.4. The number of rotatable bonds is 5. The van der Waals surface area contributed by atoms with Gasteiger partial charge in [-0.15, -0.1) is 0 Å². The lowest BCUT2D eigenvalue weighted by atomic mass is 10.2. The largest absolute Gasteiger partial charge is 0.483 e. The third-order valence-corrected chi connectivity index (χ3v) is 2.38. The van der Waals surface area contributed by atoms with Crippen LogP contribution in [0, 0.1) is 6.92 Å². The van der Waals surface area contributed by atoms with Gasteiger partial charge in [-0.25, -0.2) is 19.7 Å². The molecular formula is C14H13N3O3. The highest BCUT2D eigenvalue weighted by Gasteiger charge is 2.05. The Morgan fingerprint density at radius 1 is 1.35 bits per heavy atom. The van der Waals surface area contributed by atoms with Gasteiger partial charge in [0, 0.05) is 24.2 Å². The van der Waals surface area contributed by atoms with Gasteiger partial charge in [-0.3, -0.25) is 0 Å². The number of carboxylic acids is 1. The molecule has 6 nitrogen and oxygen atoms in total. The summed E-state index contributed by atoms with van der Waals surface area (Å²) in [7, 11) is 0. The van der Waals surface area contributed by atoms with Crippen molar-refractivity contribution >= 4 is 12.0 Å². The summed E-state index contributed by atoms with van der Waals surface area (Å²) in [5.74, 6) is -0.00700. The third-order valence-electron chi connectivity index (χ3n) is 2.38. The number of hydrogen-bond acceptors (Lipinski definition) is 5. The minimum Gasteiger partial charge on any atom is -0.483 e. The van der Waals surface area contributed by atoms with Gasteiger partial charge in [0.25, 0.3) is 0 Å². The molecule has 2 rings (SSSR count). The molecule has 0 saturated heterocycles. The first-order valence-corrected chi connectivity index (χ1v) is 5.92. The van der Waals surface area contributed by atoms with Crippen molar-refractivity contribution in [3.05, 3.63) is 53.9 Å². The van der Waals surface area contributed by atoms with Crippen molar-refractivity contribution in [1.82, 2.24) is 15.0 Å². The molecule has 6 heteroatoms. The van der Waals surface area contributed by atoms with Gasteiger partial charge in [0.2, 0.25) is 0 Å². The van der Waals surface area contributed by atoms with Crippen LogP contribution in [-0.2, 0) is 11.4 Å². The maximum atomic E-state index is 10.6. The number of aromatic nitrogens is 3. The standard InChI is InChI=1S/C14H13N3O3/c1-10-3-5-12(11(17-10)4-6-14(18)19)20-9-13-15-7-2-8-16-13/h2-8H,9H2,1H3,(H,18,19). The monoisotopic (exact) mass is 271 g/mol. The van der Waals surface area contributed by atoms with Crippen molar-refractivity contribution in [2.75, 3.05) is 0 Å². The number of ether oxygens (including phenoxy) is 1. The normalized spacial score (nSPS) is 10.7. The molecule has 0 aliphatic heterocycles. The van der Waals surface area contributed by atoms with E-state index in [1.54, 1.807) is 30.6 Å². The molecule has 2 aromatic heterocycles. The molecule has 0 aromatic carbocycles. The summed E-state index contributed by atoms with van der Waals surface area (Å²) in [6, 6.07) is 5.25. The highest BCUT2D eigenvalue weighted by atomic mass is 16.5. The molecular weight excluding hydrogens is 258 g/mol. The molecule has 0 radical (unpaired) electrons. The van der Waals surface area contributed by atoms with Gasteiger partial charge >= 0.3 is 5.97 Å². The lowest BCUT2D eigenvalue weighted by molar-refractivity contribution is -0.131. The lowest BCUT2D eigenvalue weighted by Gasteiger charge is -2.08. The van der Waals surface area contributed by atoms with Crippen LogP contribution < -0.4 is 4.74 Å². The summed E-state index contributed by atoms with van der Waals surface area (Å²) in [4.78, 5) is 22.9. The molecule has 0 atom stereocenters. The summed E-state index contributed by atoms with van der Waals surface area (Å²) in [5, 5.41) is 8.67. The van der Waals surface area contributed by atoms with E-state index >= 15 is 0 Å². The van der Waals surface area contributed by atoms with E-state index in [1.165, 1.54) is 6.08 Å². The fraction of sp³-hybridized carbons (Fsp3) is 0.143. The van der Waals surface area contributed by atoms with E-state index < -0.39 is 5.97 Å². The van der Waals surface area contributed by atoms with E-state index in [9.17, 15) is 4.79 Å². The Kier molecular flexibility index (Phi) is 4.39. The Morgan fingerprint density at radius 3 is 2.80 bits per heavy atom. The zero-order valence-corrected chi connectivity index (χ0v) is 10.9. The Bertz CT molecular complexity index is 627. The quantitative estimate of drug-likeness (QED) is 0.835.